The van der Waals surface area contributed by atoms with Gasteiger partial charge in [0.25, 0.3) is 0 Å². The van der Waals surface area contributed by atoms with Crippen molar-refractivity contribution in [1.29, 1.82) is 0 Å². The van der Waals surface area contributed by atoms with E-state index in [4.69, 9.17) is 18.9 Å². The zero-order valence-corrected chi connectivity index (χ0v) is 10.8. The van der Waals surface area contributed by atoms with Crippen LogP contribution in [0.2, 0.25) is 0 Å². The molecule has 0 aromatic rings. The van der Waals surface area contributed by atoms with E-state index >= 15 is 0 Å². The molecule has 1 aliphatic rings. The van der Waals surface area contributed by atoms with E-state index in [-0.39, 0.29) is 12.7 Å². The summed E-state index contributed by atoms with van der Waals surface area (Å²) in [4.78, 5) is 0. The fraction of sp³-hybridized carbons (Fsp3) is 1.00. The molecule has 0 bridgehead atoms. The molecule has 1 aliphatic heterocycles. The fourth-order valence-electron chi connectivity index (χ4n) is 1.75. The molecule has 0 aromatic heterocycles. The minimum Gasteiger partial charge on any atom is -0.385 e. The van der Waals surface area contributed by atoms with Gasteiger partial charge in [-0.15, -0.1) is 0 Å². The Labute approximate surface area is 103 Å². The Balaban J connectivity index is 2.22. The van der Waals surface area contributed by atoms with Gasteiger partial charge in [-0.3, -0.25) is 0 Å². The Bertz CT molecular complexity index is 176. The zero-order chi connectivity index (χ0) is 12.5. The van der Waals surface area contributed by atoms with Gasteiger partial charge in [-0.25, -0.2) is 0 Å². The standard InChI is InChI=1S/C12H24O5/c1-3-15-12(16-4-2)11(13)9-17-10-5-7-14-8-6-10/h10-13H,3-9H2,1-2H3. The van der Waals surface area contributed by atoms with Crippen molar-refractivity contribution in [2.45, 2.75) is 45.2 Å². The molecule has 1 atom stereocenters. The Morgan fingerprint density at radius 1 is 1.18 bits per heavy atom. The summed E-state index contributed by atoms with van der Waals surface area (Å²) >= 11 is 0. The molecule has 0 aliphatic carbocycles. The summed E-state index contributed by atoms with van der Waals surface area (Å²) < 4.78 is 21.5. The lowest BCUT2D eigenvalue weighted by molar-refractivity contribution is -0.206. The first-order valence-corrected chi connectivity index (χ1v) is 6.38. The van der Waals surface area contributed by atoms with Crippen molar-refractivity contribution in [3.05, 3.63) is 0 Å². The molecule has 1 fully saturated rings. The second-order valence-corrected chi connectivity index (χ2v) is 3.99. The topological polar surface area (TPSA) is 57.2 Å². The highest BCUT2D eigenvalue weighted by Gasteiger charge is 2.22. The molecule has 1 rings (SSSR count). The smallest absolute Gasteiger partial charge is 0.185 e. The average Bonchev–Trinajstić information content (AvgIpc) is 2.37. The van der Waals surface area contributed by atoms with Crippen LogP contribution in [-0.2, 0) is 18.9 Å². The van der Waals surface area contributed by atoms with Gasteiger partial charge in [0.15, 0.2) is 6.29 Å². The monoisotopic (exact) mass is 248 g/mol. The van der Waals surface area contributed by atoms with Gasteiger partial charge in [0.2, 0.25) is 0 Å². The van der Waals surface area contributed by atoms with Gasteiger partial charge in [-0.2, -0.15) is 0 Å². The number of hydrogen-bond donors (Lipinski definition) is 1. The van der Waals surface area contributed by atoms with Crippen molar-refractivity contribution in [2.75, 3.05) is 33.0 Å². The molecule has 1 saturated heterocycles. The Morgan fingerprint density at radius 3 is 2.29 bits per heavy atom. The maximum Gasteiger partial charge on any atom is 0.185 e. The normalized spacial score (nSPS) is 19.8. The van der Waals surface area contributed by atoms with Gasteiger partial charge >= 0.3 is 0 Å². The average molecular weight is 248 g/mol. The first-order chi connectivity index (χ1) is 8.27. The molecular weight excluding hydrogens is 224 g/mol. The van der Waals surface area contributed by atoms with Crippen molar-refractivity contribution < 1.29 is 24.1 Å². The fourth-order valence-corrected chi connectivity index (χ4v) is 1.75. The van der Waals surface area contributed by atoms with E-state index in [2.05, 4.69) is 0 Å². The number of rotatable bonds is 8. The third kappa shape index (κ3) is 5.79. The number of aliphatic hydroxyl groups excluding tert-OH is 1. The molecular formula is C12H24O5. The quantitative estimate of drug-likeness (QED) is 0.648. The third-order valence-electron chi connectivity index (χ3n) is 2.65. The van der Waals surface area contributed by atoms with Crippen LogP contribution in [-0.4, -0.2) is 56.6 Å². The van der Waals surface area contributed by atoms with Crippen LogP contribution in [0.3, 0.4) is 0 Å². The Kier molecular flexibility index (Phi) is 7.72. The first-order valence-electron chi connectivity index (χ1n) is 6.38. The van der Waals surface area contributed by atoms with Crippen LogP contribution in [0.25, 0.3) is 0 Å². The summed E-state index contributed by atoms with van der Waals surface area (Å²) in [7, 11) is 0. The van der Waals surface area contributed by atoms with Crippen LogP contribution in [0, 0.1) is 0 Å². The molecule has 5 nitrogen and oxygen atoms in total. The van der Waals surface area contributed by atoms with E-state index in [1.807, 2.05) is 13.8 Å². The van der Waals surface area contributed by atoms with E-state index in [0.29, 0.717) is 13.2 Å². The van der Waals surface area contributed by atoms with Crippen molar-refractivity contribution in [1.82, 2.24) is 0 Å². The number of aliphatic hydroxyl groups is 1. The Hall–Kier alpha value is -0.200. The summed E-state index contributed by atoms with van der Waals surface area (Å²) in [6.45, 7) is 6.49. The van der Waals surface area contributed by atoms with Crippen LogP contribution in [0.5, 0.6) is 0 Å². The lowest BCUT2D eigenvalue weighted by atomic mass is 10.1. The third-order valence-corrected chi connectivity index (χ3v) is 2.65. The van der Waals surface area contributed by atoms with Crippen LogP contribution in [0.15, 0.2) is 0 Å². The molecule has 102 valence electrons. The number of ether oxygens (including phenoxy) is 4. The van der Waals surface area contributed by atoms with Crippen LogP contribution >= 0.6 is 0 Å². The number of hydrogen-bond acceptors (Lipinski definition) is 5. The van der Waals surface area contributed by atoms with Crippen molar-refractivity contribution in [3.63, 3.8) is 0 Å². The molecule has 1 heterocycles. The van der Waals surface area contributed by atoms with Gasteiger partial charge in [0, 0.05) is 26.4 Å². The van der Waals surface area contributed by atoms with Gasteiger partial charge < -0.3 is 24.1 Å². The van der Waals surface area contributed by atoms with Gasteiger partial charge in [-0.05, 0) is 26.7 Å². The van der Waals surface area contributed by atoms with E-state index < -0.39 is 12.4 Å². The van der Waals surface area contributed by atoms with E-state index in [1.54, 1.807) is 0 Å². The van der Waals surface area contributed by atoms with Gasteiger partial charge in [-0.1, -0.05) is 0 Å². The van der Waals surface area contributed by atoms with Crippen molar-refractivity contribution in [2.24, 2.45) is 0 Å². The summed E-state index contributed by atoms with van der Waals surface area (Å²) in [6, 6.07) is 0. The molecule has 0 spiro atoms. The maximum atomic E-state index is 9.90. The molecule has 1 unspecified atom stereocenters. The SMILES string of the molecule is CCOC(OCC)C(O)COC1CCOCC1. The van der Waals surface area contributed by atoms with Crippen LogP contribution in [0.1, 0.15) is 26.7 Å². The first kappa shape index (κ1) is 14.9. The van der Waals surface area contributed by atoms with Crippen molar-refractivity contribution in [3.8, 4) is 0 Å². The van der Waals surface area contributed by atoms with Gasteiger partial charge in [0.1, 0.15) is 6.10 Å². The second kappa shape index (κ2) is 8.83. The minimum absolute atomic E-state index is 0.183. The highest BCUT2D eigenvalue weighted by atomic mass is 16.7. The highest BCUT2D eigenvalue weighted by Crippen LogP contribution is 2.12. The van der Waals surface area contributed by atoms with E-state index in [0.717, 1.165) is 26.1 Å². The van der Waals surface area contributed by atoms with E-state index in [9.17, 15) is 5.11 Å². The molecule has 0 radical (unpaired) electrons. The lowest BCUT2D eigenvalue weighted by Gasteiger charge is -2.26. The second-order valence-electron chi connectivity index (χ2n) is 3.99. The summed E-state index contributed by atoms with van der Waals surface area (Å²) in [5.74, 6) is 0. The predicted octanol–water partition coefficient (Wildman–Crippen LogP) is 0.942. The highest BCUT2D eigenvalue weighted by molar-refractivity contribution is 4.65. The van der Waals surface area contributed by atoms with Crippen molar-refractivity contribution >= 4 is 0 Å². The van der Waals surface area contributed by atoms with Crippen LogP contribution in [0.4, 0.5) is 0 Å². The molecule has 0 saturated carbocycles. The van der Waals surface area contributed by atoms with E-state index in [1.165, 1.54) is 0 Å². The zero-order valence-electron chi connectivity index (χ0n) is 10.8. The molecule has 0 aromatic carbocycles. The molecule has 5 heteroatoms. The largest absolute Gasteiger partial charge is 0.385 e. The Morgan fingerprint density at radius 2 is 1.76 bits per heavy atom. The predicted molar refractivity (Wildman–Crippen MR) is 62.8 cm³/mol. The maximum absolute atomic E-state index is 9.90. The van der Waals surface area contributed by atoms with Gasteiger partial charge in [0.05, 0.1) is 12.7 Å². The molecule has 17 heavy (non-hydrogen) atoms. The lowest BCUT2D eigenvalue weighted by Crippen LogP contribution is -2.37. The minimum atomic E-state index is -0.738. The summed E-state index contributed by atoms with van der Waals surface area (Å²) in [5, 5.41) is 9.90. The summed E-state index contributed by atoms with van der Waals surface area (Å²) in [5.41, 5.74) is 0. The van der Waals surface area contributed by atoms with Crippen LogP contribution < -0.4 is 0 Å². The molecule has 1 N–H and O–H groups in total. The summed E-state index contributed by atoms with van der Waals surface area (Å²) in [6.07, 6.45) is 0.631. The molecule has 0 amide bonds.